The van der Waals surface area contributed by atoms with Crippen LogP contribution >= 0.6 is 0 Å². The van der Waals surface area contributed by atoms with Crippen LogP contribution in [-0.2, 0) is 0 Å². The van der Waals surface area contributed by atoms with E-state index in [1.807, 2.05) is 31.2 Å². The van der Waals surface area contributed by atoms with Gasteiger partial charge in [0.25, 0.3) is 0 Å². The molecule has 3 aromatic rings. The number of hydrogen-bond donors (Lipinski definition) is 1. The number of H-pyrrole nitrogens is 1. The lowest BCUT2D eigenvalue weighted by atomic mass is 10.3. The van der Waals surface area contributed by atoms with E-state index in [9.17, 15) is 0 Å². The molecule has 0 atom stereocenters. The van der Waals surface area contributed by atoms with Gasteiger partial charge in [-0.05, 0) is 19.1 Å². The minimum atomic E-state index is 0.828. The van der Waals surface area contributed by atoms with Gasteiger partial charge < -0.3 is 4.98 Å². The van der Waals surface area contributed by atoms with E-state index >= 15 is 0 Å². The maximum atomic E-state index is 4.32. The second kappa shape index (κ2) is 2.91. The van der Waals surface area contributed by atoms with Crippen molar-refractivity contribution in [3.63, 3.8) is 0 Å². The molecule has 0 saturated heterocycles. The molecule has 0 aliphatic heterocycles. The molecule has 3 heterocycles. The van der Waals surface area contributed by atoms with Crippen LogP contribution in [0, 0.1) is 6.92 Å². The SMILES string of the molecule is Cc1nn2nc(-c3ccccn3)cc2[nH]1. The summed E-state index contributed by atoms with van der Waals surface area (Å²) in [7, 11) is 0. The van der Waals surface area contributed by atoms with Gasteiger partial charge in [-0.2, -0.15) is 0 Å². The van der Waals surface area contributed by atoms with Gasteiger partial charge in [-0.1, -0.05) is 6.07 Å². The molecular weight excluding hydrogens is 190 g/mol. The van der Waals surface area contributed by atoms with Crippen LogP contribution in [0.15, 0.2) is 30.5 Å². The molecule has 3 aromatic heterocycles. The Hall–Kier alpha value is -2.17. The number of aromatic nitrogens is 5. The molecule has 0 aliphatic rings. The summed E-state index contributed by atoms with van der Waals surface area (Å²) in [6.07, 6.45) is 1.75. The van der Waals surface area contributed by atoms with Gasteiger partial charge in [0.2, 0.25) is 0 Å². The Bertz CT molecular complexity index is 561. The van der Waals surface area contributed by atoms with Crippen molar-refractivity contribution in [3.05, 3.63) is 36.3 Å². The summed E-state index contributed by atoms with van der Waals surface area (Å²) >= 11 is 0. The van der Waals surface area contributed by atoms with Gasteiger partial charge >= 0.3 is 0 Å². The zero-order valence-corrected chi connectivity index (χ0v) is 8.18. The highest BCUT2D eigenvalue weighted by molar-refractivity contribution is 5.59. The van der Waals surface area contributed by atoms with Gasteiger partial charge in [0.05, 0.1) is 5.69 Å². The zero-order chi connectivity index (χ0) is 10.3. The molecule has 74 valence electrons. The molecule has 0 fully saturated rings. The monoisotopic (exact) mass is 199 g/mol. The normalized spacial score (nSPS) is 11.0. The number of rotatable bonds is 1. The van der Waals surface area contributed by atoms with Gasteiger partial charge in [0.1, 0.15) is 11.5 Å². The summed E-state index contributed by atoms with van der Waals surface area (Å²) in [5, 5.41) is 8.50. The lowest BCUT2D eigenvalue weighted by Crippen LogP contribution is -1.88. The van der Waals surface area contributed by atoms with E-state index in [0.717, 1.165) is 22.9 Å². The van der Waals surface area contributed by atoms with Gasteiger partial charge in [-0.15, -0.1) is 14.8 Å². The van der Waals surface area contributed by atoms with Crippen molar-refractivity contribution in [1.29, 1.82) is 0 Å². The average molecular weight is 199 g/mol. The fraction of sp³-hybridized carbons (Fsp3) is 0.100. The first-order valence-corrected chi connectivity index (χ1v) is 4.67. The lowest BCUT2D eigenvalue weighted by molar-refractivity contribution is 0.808. The molecule has 0 unspecified atom stereocenters. The second-order valence-corrected chi connectivity index (χ2v) is 3.33. The number of pyridine rings is 1. The van der Waals surface area contributed by atoms with E-state index in [2.05, 4.69) is 20.2 Å². The Morgan fingerprint density at radius 3 is 2.87 bits per heavy atom. The highest BCUT2D eigenvalue weighted by Crippen LogP contribution is 2.15. The topological polar surface area (TPSA) is 58.9 Å². The van der Waals surface area contributed by atoms with Gasteiger partial charge in [0.15, 0.2) is 5.65 Å². The van der Waals surface area contributed by atoms with E-state index < -0.39 is 0 Å². The Morgan fingerprint density at radius 2 is 2.13 bits per heavy atom. The quantitative estimate of drug-likeness (QED) is 0.645. The fourth-order valence-corrected chi connectivity index (χ4v) is 1.53. The van der Waals surface area contributed by atoms with E-state index in [0.29, 0.717) is 0 Å². The molecule has 0 radical (unpaired) electrons. The van der Waals surface area contributed by atoms with Crippen molar-refractivity contribution in [3.8, 4) is 11.4 Å². The van der Waals surface area contributed by atoms with Crippen molar-refractivity contribution in [2.24, 2.45) is 0 Å². The molecule has 0 bridgehead atoms. The molecule has 3 rings (SSSR count). The predicted molar refractivity (Wildman–Crippen MR) is 55.3 cm³/mol. The molecule has 15 heavy (non-hydrogen) atoms. The van der Waals surface area contributed by atoms with Gasteiger partial charge in [-0.3, -0.25) is 4.98 Å². The van der Waals surface area contributed by atoms with Crippen molar-refractivity contribution >= 4 is 5.65 Å². The Morgan fingerprint density at radius 1 is 1.20 bits per heavy atom. The predicted octanol–water partition coefficient (Wildman–Crippen LogP) is 1.43. The van der Waals surface area contributed by atoms with E-state index in [4.69, 9.17) is 0 Å². The number of fused-ring (bicyclic) bond motifs is 1. The average Bonchev–Trinajstić information content (AvgIpc) is 2.76. The number of aryl methyl sites for hydroxylation is 1. The summed E-state index contributed by atoms with van der Waals surface area (Å²) in [4.78, 5) is 7.34. The molecule has 1 N–H and O–H groups in total. The largest absolute Gasteiger partial charge is 0.326 e. The van der Waals surface area contributed by atoms with Crippen LogP contribution in [-0.4, -0.2) is 24.8 Å². The molecule has 0 aliphatic carbocycles. The van der Waals surface area contributed by atoms with Crippen molar-refractivity contribution in [2.75, 3.05) is 0 Å². The first-order chi connectivity index (χ1) is 7.33. The van der Waals surface area contributed by atoms with Crippen molar-refractivity contribution in [2.45, 2.75) is 6.92 Å². The summed E-state index contributed by atoms with van der Waals surface area (Å²) in [6.45, 7) is 1.90. The minimum absolute atomic E-state index is 0.828. The van der Waals surface area contributed by atoms with Crippen LogP contribution in [0.3, 0.4) is 0 Å². The summed E-state index contributed by atoms with van der Waals surface area (Å²) < 4.78 is 1.58. The van der Waals surface area contributed by atoms with Crippen LogP contribution < -0.4 is 0 Å². The van der Waals surface area contributed by atoms with Crippen LogP contribution in [0.4, 0.5) is 0 Å². The minimum Gasteiger partial charge on any atom is -0.326 e. The highest BCUT2D eigenvalue weighted by atomic mass is 15.5. The lowest BCUT2D eigenvalue weighted by Gasteiger charge is -1.91. The molecule has 0 aromatic carbocycles. The number of hydrogen-bond acceptors (Lipinski definition) is 3. The summed E-state index contributed by atoms with van der Waals surface area (Å²) in [5.74, 6) is 0.852. The molecule has 0 spiro atoms. The standard InChI is InChI=1S/C10H9N5/c1-7-12-10-6-9(14-15(10)13-7)8-4-2-3-5-11-8/h2-6H,1H3,(H,12,13). The third kappa shape index (κ3) is 1.28. The maximum absolute atomic E-state index is 4.32. The number of nitrogens with one attached hydrogen (secondary N) is 1. The molecular formula is C10H9N5. The van der Waals surface area contributed by atoms with E-state index in [1.165, 1.54) is 0 Å². The van der Waals surface area contributed by atoms with E-state index in [-0.39, 0.29) is 0 Å². The molecule has 0 saturated carbocycles. The summed E-state index contributed by atoms with van der Waals surface area (Å²) in [6, 6.07) is 7.68. The first kappa shape index (κ1) is 8.16. The van der Waals surface area contributed by atoms with Gasteiger partial charge in [-0.25, -0.2) is 0 Å². The third-order valence-electron chi connectivity index (χ3n) is 2.17. The van der Waals surface area contributed by atoms with Crippen molar-refractivity contribution in [1.82, 2.24) is 24.8 Å². The third-order valence-corrected chi connectivity index (χ3v) is 2.17. The highest BCUT2D eigenvalue weighted by Gasteiger charge is 2.07. The Balaban J connectivity index is 2.16. The number of aromatic amines is 1. The molecule has 0 amide bonds. The smallest absolute Gasteiger partial charge is 0.156 e. The Labute approximate surface area is 85.8 Å². The molecule has 5 heteroatoms. The van der Waals surface area contributed by atoms with E-state index in [1.54, 1.807) is 10.8 Å². The zero-order valence-electron chi connectivity index (χ0n) is 8.18. The van der Waals surface area contributed by atoms with Gasteiger partial charge in [0, 0.05) is 12.3 Å². The number of nitrogens with zero attached hydrogens (tertiary/aromatic N) is 4. The Kier molecular flexibility index (Phi) is 1.58. The van der Waals surface area contributed by atoms with Crippen LogP contribution in [0.25, 0.3) is 17.0 Å². The van der Waals surface area contributed by atoms with Crippen molar-refractivity contribution < 1.29 is 0 Å². The van der Waals surface area contributed by atoms with Crippen LogP contribution in [0.5, 0.6) is 0 Å². The van der Waals surface area contributed by atoms with Crippen LogP contribution in [0.1, 0.15) is 5.82 Å². The summed E-state index contributed by atoms with van der Waals surface area (Å²) in [5.41, 5.74) is 2.57. The molecule has 5 nitrogen and oxygen atoms in total. The second-order valence-electron chi connectivity index (χ2n) is 3.33. The van der Waals surface area contributed by atoms with Crippen LogP contribution in [0.2, 0.25) is 0 Å². The fourth-order valence-electron chi connectivity index (χ4n) is 1.53. The first-order valence-electron chi connectivity index (χ1n) is 4.67. The maximum Gasteiger partial charge on any atom is 0.156 e.